The van der Waals surface area contributed by atoms with E-state index < -0.39 is 15.1 Å². The van der Waals surface area contributed by atoms with Crippen LogP contribution in [0.1, 0.15) is 0 Å². The van der Waals surface area contributed by atoms with Gasteiger partial charge in [-0.25, -0.2) is 4.98 Å². The van der Waals surface area contributed by atoms with Crippen molar-refractivity contribution in [2.45, 2.75) is 4.90 Å². The normalized spacial score (nSPS) is 11.6. The minimum Gasteiger partial charge on any atom is -0.247 e. The third-order valence-electron chi connectivity index (χ3n) is 1.04. The fraction of sp³-hybridized carbons (Fsp3) is 0. The predicted octanol–water partition coefficient (Wildman–Crippen LogP) is 2.26. The van der Waals surface area contributed by atoms with Gasteiger partial charge in [-0.05, 0) is 37.9 Å². The van der Waals surface area contributed by atoms with Gasteiger partial charge in [0, 0.05) is 10.7 Å². The lowest BCUT2D eigenvalue weighted by Gasteiger charge is -1.97. The highest BCUT2D eigenvalue weighted by atomic mass is 79.9. The SMILES string of the molecule is O=S(=O)(F)c1cc(Br)cnc1Br. The van der Waals surface area contributed by atoms with E-state index in [0.29, 0.717) is 4.47 Å². The van der Waals surface area contributed by atoms with E-state index in [9.17, 15) is 12.3 Å². The minimum atomic E-state index is -4.70. The van der Waals surface area contributed by atoms with Gasteiger partial charge in [-0.15, -0.1) is 3.89 Å². The van der Waals surface area contributed by atoms with Gasteiger partial charge in [-0.2, -0.15) is 8.42 Å². The van der Waals surface area contributed by atoms with Crippen molar-refractivity contribution in [1.82, 2.24) is 4.98 Å². The van der Waals surface area contributed by atoms with Crippen molar-refractivity contribution in [2.75, 3.05) is 0 Å². The van der Waals surface area contributed by atoms with Crippen LogP contribution in [0.3, 0.4) is 0 Å². The van der Waals surface area contributed by atoms with Crippen LogP contribution in [-0.2, 0) is 10.2 Å². The summed E-state index contributed by atoms with van der Waals surface area (Å²) in [5, 5.41) is 0. The number of halogens is 3. The maximum atomic E-state index is 12.4. The molecule has 0 aliphatic rings. The zero-order valence-corrected chi connectivity index (χ0v) is 9.45. The molecule has 1 rings (SSSR count). The second-order valence-corrected chi connectivity index (χ2v) is 4.86. The van der Waals surface area contributed by atoms with Crippen LogP contribution >= 0.6 is 31.9 Å². The van der Waals surface area contributed by atoms with E-state index in [-0.39, 0.29) is 4.60 Å². The van der Waals surface area contributed by atoms with Crippen molar-refractivity contribution in [1.29, 1.82) is 0 Å². The topological polar surface area (TPSA) is 47.0 Å². The third kappa shape index (κ3) is 2.24. The molecule has 0 N–H and O–H groups in total. The average molecular weight is 319 g/mol. The van der Waals surface area contributed by atoms with Crippen LogP contribution in [0.25, 0.3) is 0 Å². The van der Waals surface area contributed by atoms with Gasteiger partial charge in [0.1, 0.15) is 9.50 Å². The van der Waals surface area contributed by atoms with E-state index >= 15 is 0 Å². The van der Waals surface area contributed by atoms with E-state index in [1.54, 1.807) is 0 Å². The van der Waals surface area contributed by atoms with Crippen molar-refractivity contribution in [3.8, 4) is 0 Å². The molecule has 1 heterocycles. The molecule has 0 aromatic carbocycles. The number of rotatable bonds is 1. The molecule has 0 atom stereocenters. The first-order chi connectivity index (χ1) is 5.41. The molecular formula is C5H2Br2FNO2S. The van der Waals surface area contributed by atoms with Gasteiger partial charge in [0.15, 0.2) is 0 Å². The molecule has 1 aromatic rings. The minimum absolute atomic E-state index is 0.0341. The van der Waals surface area contributed by atoms with Crippen molar-refractivity contribution in [3.63, 3.8) is 0 Å². The highest BCUT2D eigenvalue weighted by Crippen LogP contribution is 2.24. The highest BCUT2D eigenvalue weighted by molar-refractivity contribution is 9.11. The Hall–Kier alpha value is -0.0100. The second-order valence-electron chi connectivity index (χ2n) is 1.88. The molecule has 0 saturated heterocycles. The summed E-state index contributed by atoms with van der Waals surface area (Å²) in [4.78, 5) is 3.12. The van der Waals surface area contributed by atoms with Gasteiger partial charge in [-0.3, -0.25) is 0 Å². The summed E-state index contributed by atoms with van der Waals surface area (Å²) in [7, 11) is -4.70. The van der Waals surface area contributed by atoms with Crippen LogP contribution in [0.2, 0.25) is 0 Å². The van der Waals surface area contributed by atoms with Crippen molar-refractivity contribution >= 4 is 42.1 Å². The Bertz CT molecular complexity index is 406. The molecule has 0 fully saturated rings. The van der Waals surface area contributed by atoms with E-state index in [4.69, 9.17) is 0 Å². The molecule has 0 unspecified atom stereocenters. The summed E-state index contributed by atoms with van der Waals surface area (Å²) < 4.78 is 33.7. The maximum Gasteiger partial charge on any atom is 0.334 e. The first-order valence-electron chi connectivity index (χ1n) is 2.67. The molecule has 3 nitrogen and oxygen atoms in total. The first kappa shape index (κ1) is 10.1. The van der Waals surface area contributed by atoms with Crippen molar-refractivity contribution in [3.05, 3.63) is 21.3 Å². The van der Waals surface area contributed by atoms with Crippen LogP contribution in [0.15, 0.2) is 26.2 Å². The van der Waals surface area contributed by atoms with E-state index in [1.165, 1.54) is 6.20 Å². The fourth-order valence-corrected chi connectivity index (χ4v) is 2.38. The van der Waals surface area contributed by atoms with Crippen LogP contribution in [0.5, 0.6) is 0 Å². The summed E-state index contributed by atoms with van der Waals surface area (Å²) >= 11 is 5.79. The molecular weight excluding hydrogens is 317 g/mol. The molecule has 0 amide bonds. The van der Waals surface area contributed by atoms with Gasteiger partial charge in [0.2, 0.25) is 0 Å². The van der Waals surface area contributed by atoms with Crippen LogP contribution in [-0.4, -0.2) is 13.4 Å². The number of hydrogen-bond donors (Lipinski definition) is 0. The van der Waals surface area contributed by atoms with E-state index in [1.807, 2.05) is 0 Å². The largest absolute Gasteiger partial charge is 0.334 e. The van der Waals surface area contributed by atoms with Gasteiger partial charge in [0.05, 0.1) is 0 Å². The zero-order valence-electron chi connectivity index (χ0n) is 5.46. The predicted molar refractivity (Wildman–Crippen MR) is 47.9 cm³/mol. The lowest BCUT2D eigenvalue weighted by atomic mass is 10.5. The summed E-state index contributed by atoms with van der Waals surface area (Å²) in [6.45, 7) is 0. The lowest BCUT2D eigenvalue weighted by molar-refractivity contribution is 0.551. The Morgan fingerprint density at radius 2 is 2.00 bits per heavy atom. The Balaban J connectivity index is 3.43. The third-order valence-corrected chi connectivity index (χ3v) is 3.20. The van der Waals surface area contributed by atoms with Crippen LogP contribution in [0.4, 0.5) is 3.89 Å². The molecule has 1 aromatic heterocycles. The molecule has 7 heteroatoms. The highest BCUT2D eigenvalue weighted by Gasteiger charge is 2.17. The smallest absolute Gasteiger partial charge is 0.247 e. The molecule has 0 aliphatic heterocycles. The summed E-state index contributed by atoms with van der Waals surface area (Å²) in [5.41, 5.74) is 0. The molecule has 66 valence electrons. The van der Waals surface area contributed by atoms with Gasteiger partial charge >= 0.3 is 10.2 Å². The number of aromatic nitrogens is 1. The molecule has 0 spiro atoms. The first-order valence-corrected chi connectivity index (χ1v) is 5.64. The average Bonchev–Trinajstić information content (AvgIpc) is 1.92. The maximum absolute atomic E-state index is 12.4. The van der Waals surface area contributed by atoms with Gasteiger partial charge < -0.3 is 0 Å². The number of hydrogen-bond acceptors (Lipinski definition) is 3. The monoisotopic (exact) mass is 317 g/mol. The summed E-state index contributed by atoms with van der Waals surface area (Å²) in [6.07, 6.45) is 1.36. The van der Waals surface area contributed by atoms with E-state index in [0.717, 1.165) is 6.07 Å². The molecule has 0 saturated carbocycles. The van der Waals surface area contributed by atoms with Gasteiger partial charge in [0.25, 0.3) is 0 Å². The second kappa shape index (κ2) is 3.39. The van der Waals surface area contributed by atoms with Crippen molar-refractivity contribution in [2.24, 2.45) is 0 Å². The summed E-state index contributed by atoms with van der Waals surface area (Å²) in [6, 6.07) is 1.13. The Labute approximate surface area is 85.5 Å². The van der Waals surface area contributed by atoms with Crippen LogP contribution < -0.4 is 0 Å². The number of nitrogens with zero attached hydrogens (tertiary/aromatic N) is 1. The standard InChI is InChI=1S/C5H2Br2FNO2S/c6-3-1-4(12(8,10)11)5(7)9-2-3/h1-2H. The zero-order chi connectivity index (χ0) is 9.35. The molecule has 0 radical (unpaired) electrons. The molecule has 0 aliphatic carbocycles. The Morgan fingerprint density at radius 3 is 2.42 bits per heavy atom. The molecule has 0 bridgehead atoms. The quantitative estimate of drug-likeness (QED) is 0.589. The number of pyridine rings is 1. The Kier molecular flexibility index (Phi) is 2.84. The van der Waals surface area contributed by atoms with Crippen LogP contribution in [0, 0.1) is 0 Å². The van der Waals surface area contributed by atoms with Gasteiger partial charge in [-0.1, -0.05) is 0 Å². The lowest BCUT2D eigenvalue weighted by Crippen LogP contribution is -1.95. The Morgan fingerprint density at radius 1 is 1.42 bits per heavy atom. The fourth-order valence-electron chi connectivity index (χ4n) is 0.575. The molecule has 12 heavy (non-hydrogen) atoms. The van der Waals surface area contributed by atoms with E-state index in [2.05, 4.69) is 36.8 Å². The van der Waals surface area contributed by atoms with Crippen molar-refractivity contribution < 1.29 is 12.3 Å². The summed E-state index contributed by atoms with van der Waals surface area (Å²) in [5.74, 6) is 0.